The van der Waals surface area contributed by atoms with Gasteiger partial charge in [0.25, 0.3) is 0 Å². The molecule has 1 aliphatic heterocycles. The lowest BCUT2D eigenvalue weighted by Gasteiger charge is -2.29. The summed E-state index contributed by atoms with van der Waals surface area (Å²) in [5, 5.41) is 3.16. The Morgan fingerprint density at radius 1 is 1.35 bits per heavy atom. The van der Waals surface area contributed by atoms with Gasteiger partial charge in [0, 0.05) is 37.7 Å². The molecule has 1 amide bonds. The third-order valence-corrected chi connectivity index (χ3v) is 6.38. The lowest BCUT2D eigenvalue weighted by Crippen LogP contribution is -2.49. The SMILES string of the molecule is Cc1ccc(S(=O)(=O)N(C)CC(=O)N2CCNCC2)c(Br)c1.Cl. The quantitative estimate of drug-likeness (QED) is 0.786. The number of sulfonamides is 1. The van der Waals surface area contributed by atoms with Crippen LogP contribution >= 0.6 is 28.3 Å². The van der Waals surface area contributed by atoms with E-state index in [1.165, 1.54) is 7.05 Å². The Labute approximate surface area is 151 Å². The van der Waals surface area contributed by atoms with Gasteiger partial charge in [-0.15, -0.1) is 12.4 Å². The first kappa shape index (κ1) is 20.4. The Kier molecular flexibility index (Phi) is 7.47. The molecule has 0 aromatic heterocycles. The average molecular weight is 427 g/mol. The summed E-state index contributed by atoms with van der Waals surface area (Å²) in [6.45, 7) is 4.45. The molecule has 6 nitrogen and oxygen atoms in total. The molecule has 0 saturated carbocycles. The number of carbonyl (C=O) groups excluding carboxylic acids is 1. The molecular formula is C14H21BrClN3O3S. The molecule has 1 heterocycles. The van der Waals surface area contributed by atoms with Crippen LogP contribution in [0, 0.1) is 6.92 Å². The number of carbonyl (C=O) groups is 1. The van der Waals surface area contributed by atoms with Gasteiger partial charge in [-0.05, 0) is 40.5 Å². The van der Waals surface area contributed by atoms with Crippen LogP contribution in [0.5, 0.6) is 0 Å². The summed E-state index contributed by atoms with van der Waals surface area (Å²) >= 11 is 3.28. The molecule has 2 rings (SSSR count). The smallest absolute Gasteiger partial charge is 0.244 e. The minimum absolute atomic E-state index is 0. The van der Waals surface area contributed by atoms with Crippen molar-refractivity contribution < 1.29 is 13.2 Å². The zero-order valence-electron chi connectivity index (χ0n) is 13.1. The van der Waals surface area contributed by atoms with Gasteiger partial charge >= 0.3 is 0 Å². The fourth-order valence-electron chi connectivity index (χ4n) is 2.27. The van der Waals surface area contributed by atoms with Gasteiger partial charge in [0.05, 0.1) is 11.4 Å². The molecule has 1 fully saturated rings. The largest absolute Gasteiger partial charge is 0.339 e. The van der Waals surface area contributed by atoms with Crippen molar-refractivity contribution in [3.63, 3.8) is 0 Å². The van der Waals surface area contributed by atoms with E-state index < -0.39 is 10.0 Å². The first-order valence-corrected chi connectivity index (χ1v) is 9.26. The van der Waals surface area contributed by atoms with Gasteiger partial charge in [0.2, 0.25) is 15.9 Å². The monoisotopic (exact) mass is 425 g/mol. The first-order chi connectivity index (χ1) is 10.3. The Morgan fingerprint density at radius 3 is 2.52 bits per heavy atom. The number of benzene rings is 1. The third kappa shape index (κ3) is 4.90. The second kappa shape index (κ2) is 8.43. The molecule has 1 aliphatic rings. The Balaban J connectivity index is 0.00000264. The van der Waals surface area contributed by atoms with Crippen LogP contribution in [-0.4, -0.2) is 63.3 Å². The maximum atomic E-state index is 12.6. The van der Waals surface area contributed by atoms with Crippen LogP contribution in [0.1, 0.15) is 5.56 Å². The Hall–Kier alpha value is -0.670. The van der Waals surface area contributed by atoms with E-state index in [4.69, 9.17) is 0 Å². The van der Waals surface area contributed by atoms with E-state index in [9.17, 15) is 13.2 Å². The van der Waals surface area contributed by atoms with E-state index in [0.717, 1.165) is 23.0 Å². The van der Waals surface area contributed by atoms with E-state index >= 15 is 0 Å². The van der Waals surface area contributed by atoms with Gasteiger partial charge in [0.15, 0.2) is 0 Å². The van der Waals surface area contributed by atoms with Gasteiger partial charge < -0.3 is 10.2 Å². The van der Waals surface area contributed by atoms with Gasteiger partial charge in [-0.2, -0.15) is 4.31 Å². The van der Waals surface area contributed by atoms with Crippen molar-refractivity contribution in [2.75, 3.05) is 39.8 Å². The molecule has 0 aliphatic carbocycles. The topological polar surface area (TPSA) is 69.7 Å². The number of likely N-dealkylation sites (N-methyl/N-ethyl adjacent to an activating group) is 1. The van der Waals surface area contributed by atoms with E-state index in [-0.39, 0.29) is 29.8 Å². The number of nitrogens with zero attached hydrogens (tertiary/aromatic N) is 2. The number of aryl methyl sites for hydroxylation is 1. The summed E-state index contributed by atoms with van der Waals surface area (Å²) in [4.78, 5) is 14.1. The molecule has 1 saturated heterocycles. The first-order valence-electron chi connectivity index (χ1n) is 7.03. The Bertz CT molecular complexity index is 663. The van der Waals surface area contributed by atoms with Gasteiger partial charge in [-0.25, -0.2) is 8.42 Å². The van der Waals surface area contributed by atoms with Crippen LogP contribution < -0.4 is 5.32 Å². The molecule has 1 N–H and O–H groups in total. The fourth-order valence-corrected chi connectivity index (χ4v) is 4.54. The second-order valence-electron chi connectivity index (χ2n) is 5.33. The van der Waals surface area contributed by atoms with Crippen molar-refractivity contribution in [3.05, 3.63) is 28.2 Å². The highest BCUT2D eigenvalue weighted by Gasteiger charge is 2.27. The number of hydrogen-bond acceptors (Lipinski definition) is 4. The van der Waals surface area contributed by atoms with Crippen molar-refractivity contribution in [3.8, 4) is 0 Å². The van der Waals surface area contributed by atoms with E-state index in [1.54, 1.807) is 23.1 Å². The molecule has 23 heavy (non-hydrogen) atoms. The third-order valence-electron chi connectivity index (χ3n) is 3.60. The van der Waals surface area contributed by atoms with Crippen molar-refractivity contribution in [1.82, 2.24) is 14.5 Å². The predicted molar refractivity (Wildman–Crippen MR) is 95.4 cm³/mol. The minimum atomic E-state index is -3.70. The van der Waals surface area contributed by atoms with Gasteiger partial charge in [0.1, 0.15) is 0 Å². The zero-order chi connectivity index (χ0) is 16.3. The van der Waals surface area contributed by atoms with Crippen LogP contribution in [0.2, 0.25) is 0 Å². The number of hydrogen-bond donors (Lipinski definition) is 1. The molecule has 0 unspecified atom stereocenters. The maximum absolute atomic E-state index is 12.6. The van der Waals surface area contributed by atoms with Crippen LogP contribution in [0.25, 0.3) is 0 Å². The molecule has 1 aromatic rings. The summed E-state index contributed by atoms with van der Waals surface area (Å²) in [5.74, 6) is -0.171. The average Bonchev–Trinajstić information content (AvgIpc) is 2.47. The van der Waals surface area contributed by atoms with E-state index in [1.807, 2.05) is 6.92 Å². The zero-order valence-corrected chi connectivity index (χ0v) is 16.3. The molecule has 9 heteroatoms. The highest BCUT2D eigenvalue weighted by Crippen LogP contribution is 2.25. The summed E-state index contributed by atoms with van der Waals surface area (Å²) in [5.41, 5.74) is 0.963. The molecular weight excluding hydrogens is 406 g/mol. The van der Waals surface area contributed by atoms with Crippen LogP contribution in [0.3, 0.4) is 0 Å². The van der Waals surface area contributed by atoms with Gasteiger partial charge in [-0.3, -0.25) is 4.79 Å². The number of rotatable bonds is 4. The normalized spacial score (nSPS) is 15.4. The molecule has 0 atom stereocenters. The fraction of sp³-hybridized carbons (Fsp3) is 0.500. The van der Waals surface area contributed by atoms with Crippen molar-refractivity contribution >= 4 is 44.3 Å². The molecule has 0 bridgehead atoms. The summed E-state index contributed by atoms with van der Waals surface area (Å²) in [6.07, 6.45) is 0. The van der Waals surface area contributed by atoms with Crippen molar-refractivity contribution in [1.29, 1.82) is 0 Å². The molecule has 0 spiro atoms. The van der Waals surface area contributed by atoms with E-state index in [0.29, 0.717) is 17.6 Å². The van der Waals surface area contributed by atoms with Crippen LogP contribution in [0.15, 0.2) is 27.6 Å². The van der Waals surface area contributed by atoms with Crippen LogP contribution in [0.4, 0.5) is 0 Å². The second-order valence-corrected chi connectivity index (χ2v) is 8.19. The van der Waals surface area contributed by atoms with Gasteiger partial charge in [-0.1, -0.05) is 6.07 Å². The number of piperazine rings is 1. The number of amides is 1. The summed E-state index contributed by atoms with van der Waals surface area (Å²) < 4.78 is 26.8. The van der Waals surface area contributed by atoms with Crippen LogP contribution in [-0.2, 0) is 14.8 Å². The standard InChI is InChI=1S/C14H20BrN3O3S.ClH/c1-11-3-4-13(12(15)9-11)22(20,21)17(2)10-14(19)18-7-5-16-6-8-18;/h3-4,9,16H,5-8,10H2,1-2H3;1H. The highest BCUT2D eigenvalue weighted by atomic mass is 79.9. The molecule has 130 valence electrons. The summed E-state index contributed by atoms with van der Waals surface area (Å²) in [6, 6.07) is 5.04. The summed E-state index contributed by atoms with van der Waals surface area (Å²) in [7, 11) is -2.26. The lowest BCUT2D eigenvalue weighted by molar-refractivity contribution is -0.131. The molecule has 1 aromatic carbocycles. The lowest BCUT2D eigenvalue weighted by atomic mass is 10.2. The predicted octanol–water partition coefficient (Wildman–Crippen LogP) is 1.23. The van der Waals surface area contributed by atoms with Crippen molar-refractivity contribution in [2.24, 2.45) is 0 Å². The van der Waals surface area contributed by atoms with E-state index in [2.05, 4.69) is 21.2 Å². The molecule has 0 radical (unpaired) electrons. The van der Waals surface area contributed by atoms with Crippen molar-refractivity contribution in [2.45, 2.75) is 11.8 Å². The minimum Gasteiger partial charge on any atom is -0.339 e. The highest BCUT2D eigenvalue weighted by molar-refractivity contribution is 9.10. The number of halogens is 2. The maximum Gasteiger partial charge on any atom is 0.244 e. The Morgan fingerprint density at radius 2 is 1.96 bits per heavy atom. The number of nitrogens with one attached hydrogen (secondary N) is 1.